The lowest BCUT2D eigenvalue weighted by molar-refractivity contribution is 0.669. The number of aromatic nitrogens is 3. The number of nitrogens with zero attached hydrogens (tertiary/aromatic N) is 3. The second-order valence-corrected chi connectivity index (χ2v) is 11.7. The van der Waals surface area contributed by atoms with Crippen LogP contribution in [0.15, 0.2) is 168 Å². The quantitative estimate of drug-likeness (QED) is 0.197. The van der Waals surface area contributed by atoms with Crippen LogP contribution in [-0.4, -0.2) is 15.0 Å². The Morgan fingerprint density at radius 3 is 1.66 bits per heavy atom. The topological polar surface area (TPSA) is 51.8 Å². The van der Waals surface area contributed by atoms with Gasteiger partial charge >= 0.3 is 0 Å². The van der Waals surface area contributed by atoms with E-state index in [1.165, 1.54) is 16.3 Å². The molecular weight excluding hydrogens is 574 g/mol. The second kappa shape index (κ2) is 11.2. The Morgan fingerprint density at radius 2 is 0.830 bits per heavy atom. The zero-order valence-corrected chi connectivity index (χ0v) is 25.3. The summed E-state index contributed by atoms with van der Waals surface area (Å²) in [6.07, 6.45) is 0. The molecule has 0 unspecified atom stereocenters. The first-order valence-corrected chi connectivity index (χ1v) is 15.7. The minimum atomic E-state index is 0.593. The van der Waals surface area contributed by atoms with Gasteiger partial charge in [-0.1, -0.05) is 133 Å². The predicted molar refractivity (Wildman–Crippen MR) is 192 cm³/mol. The van der Waals surface area contributed by atoms with Crippen molar-refractivity contribution < 1.29 is 4.42 Å². The van der Waals surface area contributed by atoms with Gasteiger partial charge < -0.3 is 4.42 Å². The van der Waals surface area contributed by atoms with E-state index in [0.29, 0.717) is 17.5 Å². The fourth-order valence-electron chi connectivity index (χ4n) is 6.28. The van der Waals surface area contributed by atoms with Crippen molar-refractivity contribution in [2.24, 2.45) is 0 Å². The van der Waals surface area contributed by atoms with E-state index in [1.54, 1.807) is 0 Å². The van der Waals surface area contributed by atoms with E-state index in [9.17, 15) is 0 Å². The molecule has 0 N–H and O–H groups in total. The molecule has 0 atom stereocenters. The maximum Gasteiger partial charge on any atom is 0.164 e. The van der Waals surface area contributed by atoms with Gasteiger partial charge in [0.25, 0.3) is 0 Å². The first-order chi connectivity index (χ1) is 23.2. The Morgan fingerprint density at radius 1 is 0.298 bits per heavy atom. The van der Waals surface area contributed by atoms with Gasteiger partial charge in [-0.3, -0.25) is 0 Å². The van der Waals surface area contributed by atoms with Crippen molar-refractivity contribution in [3.8, 4) is 56.4 Å². The molecule has 0 aliphatic carbocycles. The van der Waals surface area contributed by atoms with E-state index in [4.69, 9.17) is 19.4 Å². The number of rotatable bonds is 5. The molecule has 0 saturated heterocycles. The summed E-state index contributed by atoms with van der Waals surface area (Å²) in [6, 6.07) is 56.5. The SMILES string of the molecule is c1ccc(-c2ccc(-c3nc(-c4cccc(-c5ccc6ccccc6c5)c4)nc(-c4ccc5c(c4)oc4ccccc45)n3)cc2)cc1. The normalized spacial score (nSPS) is 11.4. The summed E-state index contributed by atoms with van der Waals surface area (Å²) in [6.45, 7) is 0. The molecule has 2 aromatic heterocycles. The number of hydrogen-bond donors (Lipinski definition) is 0. The van der Waals surface area contributed by atoms with Crippen LogP contribution in [0.4, 0.5) is 0 Å². The molecule has 0 bridgehead atoms. The Labute approximate surface area is 271 Å². The average Bonchev–Trinajstić information content (AvgIpc) is 3.53. The predicted octanol–water partition coefficient (Wildman–Crippen LogP) is 11.3. The van der Waals surface area contributed by atoms with Crippen LogP contribution in [0.5, 0.6) is 0 Å². The van der Waals surface area contributed by atoms with Gasteiger partial charge in [-0.15, -0.1) is 0 Å². The standard InChI is InChI=1S/C43H27N3O/c1-2-9-28(10-3-1)30-17-20-31(21-18-30)41-44-42(35-14-8-13-33(26-35)34-22-19-29-11-4-5-12-32(29)25-34)46-43(45-41)36-23-24-38-37-15-6-7-16-39(37)47-40(38)27-36/h1-27H. The monoisotopic (exact) mass is 601 g/mol. The lowest BCUT2D eigenvalue weighted by Gasteiger charge is -2.10. The Bertz CT molecular complexity index is 2570. The van der Waals surface area contributed by atoms with Gasteiger partial charge in [0.1, 0.15) is 11.2 Å². The number of fused-ring (bicyclic) bond motifs is 4. The van der Waals surface area contributed by atoms with Crippen LogP contribution < -0.4 is 0 Å². The van der Waals surface area contributed by atoms with Crippen molar-refractivity contribution >= 4 is 32.7 Å². The van der Waals surface area contributed by atoms with Crippen molar-refractivity contribution in [2.45, 2.75) is 0 Å². The van der Waals surface area contributed by atoms with Crippen LogP contribution in [0.25, 0.3) is 89.1 Å². The van der Waals surface area contributed by atoms with Crippen molar-refractivity contribution in [2.75, 3.05) is 0 Å². The van der Waals surface area contributed by atoms with Crippen LogP contribution in [0.2, 0.25) is 0 Å². The first-order valence-electron chi connectivity index (χ1n) is 15.7. The summed E-state index contributed by atoms with van der Waals surface area (Å²) in [5.41, 5.74) is 8.94. The summed E-state index contributed by atoms with van der Waals surface area (Å²) in [5.74, 6) is 1.82. The van der Waals surface area contributed by atoms with Gasteiger partial charge in [0, 0.05) is 27.5 Å². The van der Waals surface area contributed by atoms with Gasteiger partial charge in [0.15, 0.2) is 17.5 Å². The van der Waals surface area contributed by atoms with E-state index in [2.05, 4.69) is 133 Å². The van der Waals surface area contributed by atoms with Gasteiger partial charge in [-0.25, -0.2) is 15.0 Å². The lowest BCUT2D eigenvalue weighted by Crippen LogP contribution is -2.00. The van der Waals surface area contributed by atoms with Gasteiger partial charge in [-0.2, -0.15) is 0 Å². The van der Waals surface area contributed by atoms with Gasteiger partial charge in [0.05, 0.1) is 0 Å². The molecule has 9 rings (SSSR count). The number of para-hydroxylation sites is 1. The lowest BCUT2D eigenvalue weighted by atomic mass is 9.99. The Kier molecular flexibility index (Phi) is 6.43. The van der Waals surface area contributed by atoms with Crippen molar-refractivity contribution in [3.05, 3.63) is 164 Å². The molecule has 220 valence electrons. The molecule has 0 radical (unpaired) electrons. The maximum absolute atomic E-state index is 6.22. The highest BCUT2D eigenvalue weighted by molar-refractivity contribution is 6.05. The van der Waals surface area contributed by atoms with E-state index in [-0.39, 0.29) is 0 Å². The Balaban J connectivity index is 1.18. The molecule has 47 heavy (non-hydrogen) atoms. The van der Waals surface area contributed by atoms with Crippen molar-refractivity contribution in [1.29, 1.82) is 0 Å². The van der Waals surface area contributed by atoms with Gasteiger partial charge in [0.2, 0.25) is 0 Å². The van der Waals surface area contributed by atoms with E-state index < -0.39 is 0 Å². The third-order valence-electron chi connectivity index (χ3n) is 8.73. The molecule has 0 aliphatic rings. The molecule has 0 aliphatic heterocycles. The zero-order valence-electron chi connectivity index (χ0n) is 25.3. The van der Waals surface area contributed by atoms with E-state index in [1.807, 2.05) is 30.3 Å². The summed E-state index contributed by atoms with van der Waals surface area (Å²) in [5, 5.41) is 4.59. The summed E-state index contributed by atoms with van der Waals surface area (Å²) in [7, 11) is 0. The van der Waals surface area contributed by atoms with Gasteiger partial charge in [-0.05, 0) is 63.4 Å². The van der Waals surface area contributed by atoms with E-state index in [0.717, 1.165) is 55.3 Å². The first kappa shape index (κ1) is 27.0. The molecule has 0 fully saturated rings. The highest BCUT2D eigenvalue weighted by Gasteiger charge is 2.15. The molecular formula is C43H27N3O. The van der Waals surface area contributed by atoms with Crippen molar-refractivity contribution in [3.63, 3.8) is 0 Å². The maximum atomic E-state index is 6.22. The molecule has 0 saturated carbocycles. The molecule has 0 amide bonds. The average molecular weight is 602 g/mol. The number of hydrogen-bond acceptors (Lipinski definition) is 4. The Hall–Kier alpha value is -6.39. The molecule has 4 nitrogen and oxygen atoms in total. The van der Waals surface area contributed by atoms with E-state index >= 15 is 0 Å². The van der Waals surface area contributed by atoms with Crippen molar-refractivity contribution in [1.82, 2.24) is 15.0 Å². The van der Waals surface area contributed by atoms with Crippen LogP contribution in [0.1, 0.15) is 0 Å². The molecule has 9 aromatic rings. The third kappa shape index (κ3) is 5.02. The zero-order chi connectivity index (χ0) is 31.2. The number of benzene rings is 7. The smallest absolute Gasteiger partial charge is 0.164 e. The molecule has 2 heterocycles. The summed E-state index contributed by atoms with van der Waals surface area (Å²) in [4.78, 5) is 15.1. The third-order valence-corrected chi connectivity index (χ3v) is 8.73. The van der Waals surface area contributed by atoms with Crippen LogP contribution >= 0.6 is 0 Å². The minimum absolute atomic E-state index is 0.593. The van der Waals surface area contributed by atoms with Crippen LogP contribution in [0.3, 0.4) is 0 Å². The summed E-state index contributed by atoms with van der Waals surface area (Å²) >= 11 is 0. The molecule has 4 heteroatoms. The fourth-order valence-corrected chi connectivity index (χ4v) is 6.28. The van der Waals surface area contributed by atoms with Crippen LogP contribution in [-0.2, 0) is 0 Å². The minimum Gasteiger partial charge on any atom is -0.456 e. The highest BCUT2D eigenvalue weighted by Crippen LogP contribution is 2.34. The fraction of sp³-hybridized carbons (Fsp3) is 0. The largest absolute Gasteiger partial charge is 0.456 e. The van der Waals surface area contributed by atoms with Crippen LogP contribution in [0, 0.1) is 0 Å². The molecule has 0 spiro atoms. The summed E-state index contributed by atoms with van der Waals surface area (Å²) < 4.78 is 6.22. The second-order valence-electron chi connectivity index (χ2n) is 11.7. The number of furan rings is 1. The molecule has 7 aromatic carbocycles. The highest BCUT2D eigenvalue weighted by atomic mass is 16.3.